The second-order valence-electron chi connectivity index (χ2n) is 7.76. The van der Waals surface area contributed by atoms with Gasteiger partial charge < -0.3 is 8.83 Å². The van der Waals surface area contributed by atoms with Gasteiger partial charge in [0.2, 0.25) is 0 Å². The summed E-state index contributed by atoms with van der Waals surface area (Å²) in [5.41, 5.74) is 4.48. The third-order valence-corrected chi connectivity index (χ3v) is 5.46. The zero-order valence-corrected chi connectivity index (χ0v) is 18.6. The van der Waals surface area contributed by atoms with Crippen LogP contribution in [0.15, 0.2) is 81.6 Å². The van der Waals surface area contributed by atoms with Crippen LogP contribution in [0.2, 0.25) is 0 Å². The smallest absolute Gasteiger partial charge is 0.163 e. The number of aryl methyl sites for hydroxylation is 2. The van der Waals surface area contributed by atoms with E-state index in [2.05, 4.69) is 0 Å². The van der Waals surface area contributed by atoms with Crippen molar-refractivity contribution in [3.63, 3.8) is 0 Å². The fraction of sp³-hybridized carbons (Fsp3) is 0.143. The van der Waals surface area contributed by atoms with E-state index < -0.39 is 0 Å². The topological polar surface area (TPSA) is 60.4 Å². The molecule has 0 saturated heterocycles. The summed E-state index contributed by atoms with van der Waals surface area (Å²) in [6.07, 6.45) is 0. The van der Waals surface area contributed by atoms with E-state index in [0.29, 0.717) is 34.2 Å². The fourth-order valence-electron chi connectivity index (χ4n) is 3.94. The Morgan fingerprint density at radius 2 is 0.938 bits per heavy atom. The van der Waals surface area contributed by atoms with Gasteiger partial charge in [0.05, 0.1) is 11.1 Å². The van der Waals surface area contributed by atoms with Crippen molar-refractivity contribution >= 4 is 22.7 Å². The number of benzene rings is 2. The number of rotatable bonds is 6. The van der Waals surface area contributed by atoms with E-state index in [1.54, 1.807) is 26.0 Å². The number of hydrogen-bond donors (Lipinski definition) is 0. The Labute approximate surface area is 187 Å². The highest BCUT2D eigenvalue weighted by molar-refractivity contribution is 6.05. The zero-order chi connectivity index (χ0) is 22.8. The van der Waals surface area contributed by atoms with Crippen molar-refractivity contribution in [3.8, 4) is 0 Å². The van der Waals surface area contributed by atoms with Crippen molar-refractivity contribution in [1.29, 1.82) is 0 Å². The van der Waals surface area contributed by atoms with Crippen molar-refractivity contribution in [3.05, 3.63) is 118 Å². The summed E-state index contributed by atoms with van der Waals surface area (Å²) in [4.78, 5) is 24.3. The van der Waals surface area contributed by atoms with Crippen LogP contribution in [0.4, 0.5) is 0 Å². The maximum Gasteiger partial charge on any atom is 0.163 e. The molecular weight excluding hydrogens is 400 g/mol. The molecule has 0 spiro atoms. The van der Waals surface area contributed by atoms with Crippen LogP contribution in [-0.2, 0) is 0 Å². The Kier molecular flexibility index (Phi) is 5.78. The number of carbonyl (C=O) groups excluding carboxylic acids is 2. The van der Waals surface area contributed by atoms with Crippen LogP contribution < -0.4 is 0 Å². The number of Topliss-reactive ketones (excluding diaryl/α,β-unsaturated/α-hetero) is 2. The van der Waals surface area contributed by atoms with Gasteiger partial charge in [-0.05, 0) is 51.0 Å². The lowest BCUT2D eigenvalue weighted by Gasteiger charge is -2.13. The van der Waals surface area contributed by atoms with Gasteiger partial charge in [0.1, 0.15) is 23.0 Å². The Bertz CT molecular complexity index is 1210. The molecule has 2 aromatic heterocycles. The third kappa shape index (κ3) is 4.00. The molecule has 0 bridgehead atoms. The van der Waals surface area contributed by atoms with E-state index in [4.69, 9.17) is 8.83 Å². The molecule has 0 fully saturated rings. The molecule has 0 unspecified atom stereocenters. The Morgan fingerprint density at radius 1 is 0.594 bits per heavy atom. The summed E-state index contributed by atoms with van der Waals surface area (Å²) in [5, 5.41) is 0. The Balaban J connectivity index is 2.12. The summed E-state index contributed by atoms with van der Waals surface area (Å²) in [6, 6.07) is 23.2. The van der Waals surface area contributed by atoms with Crippen molar-refractivity contribution in [2.45, 2.75) is 27.7 Å². The molecule has 4 nitrogen and oxygen atoms in total. The van der Waals surface area contributed by atoms with Crippen molar-refractivity contribution in [2.75, 3.05) is 0 Å². The summed E-state index contributed by atoms with van der Waals surface area (Å²) < 4.78 is 12.2. The number of ketones is 2. The molecule has 0 aliphatic carbocycles. The first-order valence-corrected chi connectivity index (χ1v) is 10.5. The highest BCUT2D eigenvalue weighted by Gasteiger charge is 2.24. The van der Waals surface area contributed by atoms with E-state index in [1.165, 1.54) is 13.8 Å². The van der Waals surface area contributed by atoms with Crippen LogP contribution in [-0.4, -0.2) is 11.6 Å². The Hall–Kier alpha value is -3.92. The summed E-state index contributed by atoms with van der Waals surface area (Å²) >= 11 is 0. The molecule has 0 N–H and O–H groups in total. The second kappa shape index (κ2) is 8.67. The van der Waals surface area contributed by atoms with Crippen LogP contribution in [0, 0.1) is 13.8 Å². The molecule has 0 atom stereocenters. The maximum absolute atomic E-state index is 12.1. The van der Waals surface area contributed by atoms with Crippen LogP contribution in [0.3, 0.4) is 0 Å². The molecular formula is C28H24O4. The highest BCUT2D eigenvalue weighted by Crippen LogP contribution is 2.39. The van der Waals surface area contributed by atoms with Crippen molar-refractivity contribution in [1.82, 2.24) is 0 Å². The summed E-state index contributed by atoms with van der Waals surface area (Å²) in [7, 11) is 0. The molecule has 4 rings (SSSR count). The SMILES string of the molecule is CC(=O)c1cc(/C(=C(/c2ccccc2)c2cc(C(C)=O)c(C)o2)c2ccccc2)oc1C. The fourth-order valence-corrected chi connectivity index (χ4v) is 3.94. The highest BCUT2D eigenvalue weighted by atomic mass is 16.3. The van der Waals surface area contributed by atoms with E-state index in [9.17, 15) is 9.59 Å². The molecule has 4 aromatic rings. The maximum atomic E-state index is 12.1. The average Bonchev–Trinajstić information content (AvgIpc) is 3.35. The number of furan rings is 2. The minimum atomic E-state index is -0.0566. The monoisotopic (exact) mass is 424 g/mol. The van der Waals surface area contributed by atoms with E-state index >= 15 is 0 Å². The average molecular weight is 424 g/mol. The van der Waals surface area contributed by atoms with Gasteiger partial charge in [0.15, 0.2) is 11.6 Å². The lowest BCUT2D eigenvalue weighted by atomic mass is 9.90. The second-order valence-corrected chi connectivity index (χ2v) is 7.76. The molecule has 4 heteroatoms. The van der Waals surface area contributed by atoms with Gasteiger partial charge in [-0.3, -0.25) is 9.59 Å². The van der Waals surface area contributed by atoms with E-state index in [0.717, 1.165) is 22.3 Å². The first-order chi connectivity index (χ1) is 15.4. The standard InChI is InChI=1S/C28H24O4/c1-17(29)23-15-25(31-19(23)3)27(21-11-7-5-8-12-21)28(22-13-9-6-10-14-22)26-16-24(18(2)30)20(4)32-26/h5-16H,1-4H3/b28-27-. The lowest BCUT2D eigenvalue weighted by molar-refractivity contribution is 0.100. The third-order valence-electron chi connectivity index (χ3n) is 5.46. The minimum absolute atomic E-state index is 0.0566. The summed E-state index contributed by atoms with van der Waals surface area (Å²) in [6.45, 7) is 6.63. The van der Waals surface area contributed by atoms with Gasteiger partial charge in [0.25, 0.3) is 0 Å². The lowest BCUT2D eigenvalue weighted by Crippen LogP contribution is -1.96. The van der Waals surface area contributed by atoms with Crippen LogP contribution in [0.5, 0.6) is 0 Å². The predicted molar refractivity (Wildman–Crippen MR) is 125 cm³/mol. The minimum Gasteiger partial charge on any atom is -0.461 e. The van der Waals surface area contributed by atoms with Gasteiger partial charge in [0, 0.05) is 11.1 Å². The zero-order valence-electron chi connectivity index (χ0n) is 18.6. The van der Waals surface area contributed by atoms with Crippen molar-refractivity contribution in [2.24, 2.45) is 0 Å². The predicted octanol–water partition coefficient (Wildman–Crippen LogP) is 6.90. The normalized spacial score (nSPS) is 11.9. The molecule has 32 heavy (non-hydrogen) atoms. The molecule has 2 heterocycles. The van der Waals surface area contributed by atoms with Gasteiger partial charge in [-0.25, -0.2) is 0 Å². The van der Waals surface area contributed by atoms with Crippen LogP contribution in [0.25, 0.3) is 11.1 Å². The van der Waals surface area contributed by atoms with Gasteiger partial charge in [-0.1, -0.05) is 60.7 Å². The first-order valence-electron chi connectivity index (χ1n) is 10.5. The van der Waals surface area contributed by atoms with Crippen LogP contribution in [0.1, 0.15) is 68.7 Å². The largest absolute Gasteiger partial charge is 0.461 e. The number of hydrogen-bond acceptors (Lipinski definition) is 4. The molecule has 0 saturated carbocycles. The molecule has 0 amide bonds. The van der Waals surface area contributed by atoms with Gasteiger partial charge >= 0.3 is 0 Å². The van der Waals surface area contributed by atoms with Crippen LogP contribution >= 0.6 is 0 Å². The molecule has 0 radical (unpaired) electrons. The molecule has 2 aromatic carbocycles. The number of carbonyl (C=O) groups is 2. The van der Waals surface area contributed by atoms with E-state index in [-0.39, 0.29) is 11.6 Å². The molecule has 0 aliphatic heterocycles. The quantitative estimate of drug-likeness (QED) is 0.249. The molecule has 0 aliphatic rings. The van der Waals surface area contributed by atoms with E-state index in [1.807, 2.05) is 60.7 Å². The van der Waals surface area contributed by atoms with Gasteiger partial charge in [-0.15, -0.1) is 0 Å². The van der Waals surface area contributed by atoms with Crippen molar-refractivity contribution < 1.29 is 18.4 Å². The summed E-state index contributed by atoms with van der Waals surface area (Å²) in [5.74, 6) is 2.15. The Morgan fingerprint density at radius 3 is 1.22 bits per heavy atom. The van der Waals surface area contributed by atoms with Gasteiger partial charge in [-0.2, -0.15) is 0 Å². The first kappa shape index (κ1) is 21.3. The molecule has 160 valence electrons.